The molecule has 0 spiro atoms. The molecule has 1 aliphatic heterocycles. The second-order valence-corrected chi connectivity index (χ2v) is 8.76. The first-order valence-corrected chi connectivity index (χ1v) is 10.1. The maximum atomic E-state index is 12.4. The van der Waals surface area contributed by atoms with Gasteiger partial charge in [-0.1, -0.05) is 23.2 Å². The van der Waals surface area contributed by atoms with E-state index < -0.39 is 21.8 Å². The summed E-state index contributed by atoms with van der Waals surface area (Å²) >= 11 is 12.0. The van der Waals surface area contributed by atoms with E-state index in [1.165, 1.54) is 31.1 Å². The number of benzene rings is 1. The highest BCUT2D eigenvalue weighted by Crippen LogP contribution is 2.33. The van der Waals surface area contributed by atoms with Crippen molar-refractivity contribution in [3.05, 3.63) is 27.7 Å². The second kappa shape index (κ2) is 7.80. The van der Waals surface area contributed by atoms with Crippen LogP contribution in [0.25, 0.3) is 0 Å². The lowest BCUT2D eigenvalue weighted by molar-refractivity contribution is -0.132. The van der Waals surface area contributed by atoms with Crippen LogP contribution in [-0.2, 0) is 14.6 Å². The standard InChI is InChI=1S/C15H18Cl2N2O5S/c1-9(15(21)19-3-5-25(22,23)6-4-19)18-14(20)10-7-11(16)13(24-2)12(17)8-10/h7-9H,3-6H2,1-2H3,(H,18,20). The monoisotopic (exact) mass is 408 g/mol. The van der Waals surface area contributed by atoms with Gasteiger partial charge in [-0.2, -0.15) is 0 Å². The molecule has 0 saturated carbocycles. The second-order valence-electron chi connectivity index (χ2n) is 5.65. The van der Waals surface area contributed by atoms with Gasteiger partial charge in [0.25, 0.3) is 5.91 Å². The molecule has 1 atom stereocenters. The molecule has 1 heterocycles. The van der Waals surface area contributed by atoms with Crippen LogP contribution in [0, 0.1) is 0 Å². The smallest absolute Gasteiger partial charge is 0.252 e. The molecule has 1 saturated heterocycles. The molecule has 1 aliphatic rings. The van der Waals surface area contributed by atoms with E-state index in [0.29, 0.717) is 0 Å². The number of hydrogen-bond donors (Lipinski definition) is 1. The van der Waals surface area contributed by atoms with Gasteiger partial charge >= 0.3 is 0 Å². The Morgan fingerprint density at radius 3 is 2.20 bits per heavy atom. The first-order chi connectivity index (χ1) is 11.6. The Labute approximate surface area is 156 Å². The molecule has 1 aromatic rings. The Bertz CT molecular complexity index is 760. The number of carbonyl (C=O) groups excluding carboxylic acids is 2. The van der Waals surface area contributed by atoms with Crippen molar-refractivity contribution in [2.75, 3.05) is 31.7 Å². The maximum absolute atomic E-state index is 12.4. The van der Waals surface area contributed by atoms with Crippen LogP contribution in [0.4, 0.5) is 0 Å². The van der Waals surface area contributed by atoms with E-state index in [-0.39, 0.29) is 51.9 Å². The number of sulfone groups is 1. The number of carbonyl (C=O) groups is 2. The zero-order valence-electron chi connectivity index (χ0n) is 13.7. The van der Waals surface area contributed by atoms with Crippen molar-refractivity contribution in [3.63, 3.8) is 0 Å². The van der Waals surface area contributed by atoms with Crippen molar-refractivity contribution >= 4 is 44.9 Å². The van der Waals surface area contributed by atoms with Gasteiger partial charge in [-0.25, -0.2) is 8.42 Å². The van der Waals surface area contributed by atoms with Crippen molar-refractivity contribution in [3.8, 4) is 5.75 Å². The SMILES string of the molecule is COc1c(Cl)cc(C(=O)NC(C)C(=O)N2CCS(=O)(=O)CC2)cc1Cl. The first kappa shape index (κ1) is 19.8. The number of methoxy groups -OCH3 is 1. The number of hydrogen-bond acceptors (Lipinski definition) is 5. The molecule has 0 radical (unpaired) electrons. The van der Waals surface area contributed by atoms with E-state index in [1.54, 1.807) is 0 Å². The summed E-state index contributed by atoms with van der Waals surface area (Å²) in [6.45, 7) is 1.79. The van der Waals surface area contributed by atoms with Gasteiger partial charge in [0.15, 0.2) is 15.6 Å². The van der Waals surface area contributed by atoms with E-state index in [4.69, 9.17) is 27.9 Å². The summed E-state index contributed by atoms with van der Waals surface area (Å²) in [5, 5.41) is 2.93. The van der Waals surface area contributed by atoms with Crippen molar-refractivity contribution in [2.24, 2.45) is 0 Å². The molecule has 1 aromatic carbocycles. The first-order valence-electron chi connectivity index (χ1n) is 7.47. The summed E-state index contributed by atoms with van der Waals surface area (Å²) in [7, 11) is -1.67. The van der Waals surface area contributed by atoms with E-state index in [0.717, 1.165) is 0 Å². The minimum absolute atomic E-state index is 0.0664. The summed E-state index contributed by atoms with van der Waals surface area (Å²) < 4.78 is 27.9. The van der Waals surface area contributed by atoms with Crippen molar-refractivity contribution in [1.29, 1.82) is 0 Å². The molecule has 1 fully saturated rings. The third-order valence-corrected chi connectivity index (χ3v) is 6.01. The van der Waals surface area contributed by atoms with Crippen LogP contribution < -0.4 is 10.1 Å². The third-order valence-electron chi connectivity index (χ3n) is 3.84. The van der Waals surface area contributed by atoms with Gasteiger partial charge in [-0.3, -0.25) is 9.59 Å². The molecule has 2 amide bonds. The summed E-state index contributed by atoms with van der Waals surface area (Å²) in [5.74, 6) is -0.726. The van der Waals surface area contributed by atoms with Gasteiger partial charge in [-0.05, 0) is 19.1 Å². The molecule has 7 nitrogen and oxygen atoms in total. The number of rotatable bonds is 4. The lowest BCUT2D eigenvalue weighted by atomic mass is 10.1. The minimum atomic E-state index is -3.08. The highest BCUT2D eigenvalue weighted by Gasteiger charge is 2.28. The maximum Gasteiger partial charge on any atom is 0.252 e. The van der Waals surface area contributed by atoms with E-state index in [9.17, 15) is 18.0 Å². The van der Waals surface area contributed by atoms with Crippen molar-refractivity contribution in [1.82, 2.24) is 10.2 Å². The van der Waals surface area contributed by atoms with Crippen molar-refractivity contribution < 1.29 is 22.7 Å². The van der Waals surface area contributed by atoms with Crippen LogP contribution in [-0.4, -0.2) is 62.9 Å². The molecule has 10 heteroatoms. The Morgan fingerprint density at radius 1 is 1.20 bits per heavy atom. The predicted molar refractivity (Wildman–Crippen MR) is 95.2 cm³/mol. The molecule has 25 heavy (non-hydrogen) atoms. The quantitative estimate of drug-likeness (QED) is 0.811. The van der Waals surface area contributed by atoms with Gasteiger partial charge in [0.2, 0.25) is 5.91 Å². The Kier molecular flexibility index (Phi) is 6.18. The molecule has 1 unspecified atom stereocenters. The average molecular weight is 409 g/mol. The molecule has 1 N–H and O–H groups in total. The van der Waals surface area contributed by atoms with Crippen molar-refractivity contribution in [2.45, 2.75) is 13.0 Å². The largest absolute Gasteiger partial charge is 0.494 e. The number of nitrogens with one attached hydrogen (secondary N) is 1. The predicted octanol–water partition coefficient (Wildman–Crippen LogP) is 1.38. The van der Waals surface area contributed by atoms with Crippen LogP contribution in [0.1, 0.15) is 17.3 Å². The summed E-state index contributed by atoms with van der Waals surface area (Å²) in [5.41, 5.74) is 0.191. The molecule has 138 valence electrons. The average Bonchev–Trinajstić information content (AvgIpc) is 2.53. The Morgan fingerprint density at radius 2 is 1.72 bits per heavy atom. The summed E-state index contributed by atoms with van der Waals surface area (Å²) in [4.78, 5) is 26.1. The molecule has 2 rings (SSSR count). The fourth-order valence-corrected chi connectivity index (χ4v) is 4.28. The van der Waals surface area contributed by atoms with Gasteiger partial charge in [0, 0.05) is 18.7 Å². The van der Waals surface area contributed by atoms with Gasteiger partial charge in [-0.15, -0.1) is 0 Å². The molecular formula is C15H18Cl2N2O5S. The fraction of sp³-hybridized carbons (Fsp3) is 0.467. The van der Waals surface area contributed by atoms with Crippen LogP contribution in [0.5, 0.6) is 5.75 Å². The third kappa shape index (κ3) is 4.77. The topological polar surface area (TPSA) is 92.8 Å². The van der Waals surface area contributed by atoms with Gasteiger partial charge in [0.05, 0.1) is 28.7 Å². The van der Waals surface area contributed by atoms with Crippen LogP contribution in [0.2, 0.25) is 10.0 Å². The number of halogens is 2. The van der Waals surface area contributed by atoms with Gasteiger partial charge < -0.3 is 15.0 Å². The minimum Gasteiger partial charge on any atom is -0.494 e. The molecule has 0 aromatic heterocycles. The number of amides is 2. The molecule has 0 aliphatic carbocycles. The Balaban J connectivity index is 2.04. The van der Waals surface area contributed by atoms with Crippen LogP contribution in [0.15, 0.2) is 12.1 Å². The lowest BCUT2D eigenvalue weighted by Gasteiger charge is -2.29. The zero-order chi connectivity index (χ0) is 18.8. The highest BCUT2D eigenvalue weighted by atomic mass is 35.5. The fourth-order valence-electron chi connectivity index (χ4n) is 2.43. The number of nitrogens with zero attached hydrogens (tertiary/aromatic N) is 1. The van der Waals surface area contributed by atoms with E-state index in [2.05, 4.69) is 5.32 Å². The molecule has 0 bridgehead atoms. The molecular weight excluding hydrogens is 391 g/mol. The normalized spacial score (nSPS) is 17.7. The highest BCUT2D eigenvalue weighted by molar-refractivity contribution is 7.91. The van der Waals surface area contributed by atoms with E-state index >= 15 is 0 Å². The van der Waals surface area contributed by atoms with Gasteiger partial charge in [0.1, 0.15) is 6.04 Å². The van der Waals surface area contributed by atoms with Crippen LogP contribution in [0.3, 0.4) is 0 Å². The zero-order valence-corrected chi connectivity index (χ0v) is 16.0. The Hall–Kier alpha value is -1.51. The summed E-state index contributed by atoms with van der Waals surface area (Å²) in [6, 6.07) is 1.98. The summed E-state index contributed by atoms with van der Waals surface area (Å²) in [6.07, 6.45) is 0. The van der Waals surface area contributed by atoms with E-state index in [1.807, 2.05) is 0 Å². The van der Waals surface area contributed by atoms with Crippen LogP contribution >= 0.6 is 23.2 Å². The number of ether oxygens (including phenoxy) is 1. The lowest BCUT2D eigenvalue weighted by Crippen LogP contribution is -2.51.